The first-order valence-electron chi connectivity index (χ1n) is 5.34. The van der Waals surface area contributed by atoms with Gasteiger partial charge in [-0.15, -0.1) is 0 Å². The highest BCUT2D eigenvalue weighted by molar-refractivity contribution is 7.89. The largest absolute Gasteiger partial charge is 0.391 e. The Kier molecular flexibility index (Phi) is 4.83. The molecule has 18 heavy (non-hydrogen) atoms. The summed E-state index contributed by atoms with van der Waals surface area (Å²) in [5.74, 6) is -0.683. The molecule has 1 amide bonds. The SMILES string of the molecule is Cc1ccc(S(=O)(=O)NCC(O)CC(N)=O)cc1. The van der Waals surface area contributed by atoms with Crippen LogP contribution in [0.3, 0.4) is 0 Å². The van der Waals surface area contributed by atoms with Gasteiger partial charge in [0.05, 0.1) is 17.4 Å². The number of hydrogen-bond acceptors (Lipinski definition) is 4. The lowest BCUT2D eigenvalue weighted by Crippen LogP contribution is -2.34. The van der Waals surface area contributed by atoms with Gasteiger partial charge in [-0.3, -0.25) is 4.79 Å². The maximum absolute atomic E-state index is 11.8. The number of benzene rings is 1. The average Bonchev–Trinajstić information content (AvgIpc) is 2.26. The summed E-state index contributed by atoms with van der Waals surface area (Å²) in [6.07, 6.45) is -1.40. The van der Waals surface area contributed by atoms with Crippen LogP contribution in [0.2, 0.25) is 0 Å². The van der Waals surface area contributed by atoms with Crippen molar-refractivity contribution in [1.29, 1.82) is 0 Å². The van der Waals surface area contributed by atoms with Gasteiger partial charge in [-0.05, 0) is 19.1 Å². The predicted octanol–water partition coefficient (Wildman–Crippen LogP) is -0.490. The highest BCUT2D eigenvalue weighted by atomic mass is 32.2. The molecule has 0 spiro atoms. The second-order valence-electron chi connectivity index (χ2n) is 3.99. The van der Waals surface area contributed by atoms with Gasteiger partial charge in [-0.2, -0.15) is 0 Å². The molecule has 1 unspecified atom stereocenters. The minimum atomic E-state index is -3.67. The van der Waals surface area contributed by atoms with Gasteiger partial charge in [0.15, 0.2) is 0 Å². The predicted molar refractivity (Wildman–Crippen MR) is 66.2 cm³/mol. The topological polar surface area (TPSA) is 109 Å². The number of nitrogens with two attached hydrogens (primary N) is 1. The van der Waals surface area contributed by atoms with Gasteiger partial charge in [0.1, 0.15) is 0 Å². The third-order valence-corrected chi connectivity index (χ3v) is 3.72. The van der Waals surface area contributed by atoms with E-state index in [0.717, 1.165) is 5.56 Å². The second-order valence-corrected chi connectivity index (χ2v) is 5.76. The maximum Gasteiger partial charge on any atom is 0.240 e. The lowest BCUT2D eigenvalue weighted by atomic mass is 10.2. The van der Waals surface area contributed by atoms with Crippen molar-refractivity contribution in [3.05, 3.63) is 29.8 Å². The molecule has 0 aliphatic heterocycles. The lowest BCUT2D eigenvalue weighted by molar-refractivity contribution is -0.119. The van der Waals surface area contributed by atoms with E-state index in [1.807, 2.05) is 6.92 Å². The van der Waals surface area contributed by atoms with Crippen molar-refractivity contribution in [2.75, 3.05) is 6.54 Å². The fourth-order valence-corrected chi connectivity index (χ4v) is 2.38. The number of aryl methyl sites for hydroxylation is 1. The fraction of sp³-hybridized carbons (Fsp3) is 0.364. The summed E-state index contributed by atoms with van der Waals surface area (Å²) in [4.78, 5) is 10.6. The number of rotatable bonds is 6. The molecular weight excluding hydrogens is 256 g/mol. The smallest absolute Gasteiger partial charge is 0.240 e. The standard InChI is InChI=1S/C11H16N2O4S/c1-8-2-4-10(5-3-8)18(16,17)13-7-9(14)6-11(12)15/h2-5,9,13-14H,6-7H2,1H3,(H2,12,15). The molecule has 1 atom stereocenters. The van der Waals surface area contributed by atoms with Crippen molar-refractivity contribution >= 4 is 15.9 Å². The van der Waals surface area contributed by atoms with E-state index in [4.69, 9.17) is 5.73 Å². The van der Waals surface area contributed by atoms with E-state index in [2.05, 4.69) is 4.72 Å². The van der Waals surface area contributed by atoms with Crippen LogP contribution in [0.5, 0.6) is 0 Å². The van der Waals surface area contributed by atoms with E-state index >= 15 is 0 Å². The average molecular weight is 272 g/mol. The zero-order chi connectivity index (χ0) is 13.8. The minimum Gasteiger partial charge on any atom is -0.391 e. The maximum atomic E-state index is 11.8. The first-order valence-corrected chi connectivity index (χ1v) is 6.82. The van der Waals surface area contributed by atoms with Crippen LogP contribution in [0.15, 0.2) is 29.2 Å². The quantitative estimate of drug-likeness (QED) is 0.649. The Bertz CT molecular complexity index is 510. The summed E-state index contributed by atoms with van der Waals surface area (Å²) in [6.45, 7) is 1.60. The Labute approximate surface area is 106 Å². The molecule has 6 nitrogen and oxygen atoms in total. The zero-order valence-corrected chi connectivity index (χ0v) is 10.8. The van der Waals surface area contributed by atoms with E-state index < -0.39 is 22.0 Å². The number of aliphatic hydroxyl groups excluding tert-OH is 1. The van der Waals surface area contributed by atoms with Gasteiger partial charge < -0.3 is 10.8 Å². The summed E-state index contributed by atoms with van der Waals surface area (Å²) < 4.78 is 25.8. The number of carbonyl (C=O) groups excluding carboxylic acids is 1. The molecule has 1 aromatic rings. The van der Waals surface area contributed by atoms with Gasteiger partial charge in [0.25, 0.3) is 0 Å². The van der Waals surface area contributed by atoms with Crippen molar-refractivity contribution in [3.63, 3.8) is 0 Å². The van der Waals surface area contributed by atoms with E-state index in [-0.39, 0.29) is 17.9 Å². The van der Waals surface area contributed by atoms with Crippen molar-refractivity contribution in [2.45, 2.75) is 24.3 Å². The Morgan fingerprint density at radius 3 is 2.44 bits per heavy atom. The first kappa shape index (κ1) is 14.6. The highest BCUT2D eigenvalue weighted by Crippen LogP contribution is 2.09. The number of aliphatic hydroxyl groups is 1. The Hall–Kier alpha value is -1.44. The number of sulfonamides is 1. The minimum absolute atomic E-state index is 0.111. The summed E-state index contributed by atoms with van der Waals surface area (Å²) in [5, 5.41) is 9.35. The molecule has 0 radical (unpaired) electrons. The first-order chi connectivity index (χ1) is 8.31. The Morgan fingerprint density at radius 2 is 1.94 bits per heavy atom. The van der Waals surface area contributed by atoms with Crippen molar-refractivity contribution in [2.24, 2.45) is 5.73 Å². The third-order valence-electron chi connectivity index (χ3n) is 2.28. The molecular formula is C11H16N2O4S. The molecule has 1 aromatic carbocycles. The highest BCUT2D eigenvalue weighted by Gasteiger charge is 2.16. The van der Waals surface area contributed by atoms with Gasteiger partial charge >= 0.3 is 0 Å². The molecule has 0 saturated carbocycles. The summed E-state index contributed by atoms with van der Waals surface area (Å²) in [5.41, 5.74) is 5.83. The van der Waals surface area contributed by atoms with E-state index in [9.17, 15) is 18.3 Å². The lowest BCUT2D eigenvalue weighted by Gasteiger charge is -2.10. The molecule has 1 rings (SSSR count). The monoisotopic (exact) mass is 272 g/mol. The number of nitrogens with one attached hydrogen (secondary N) is 1. The van der Waals surface area contributed by atoms with Crippen LogP contribution in [0.1, 0.15) is 12.0 Å². The van der Waals surface area contributed by atoms with E-state index in [1.165, 1.54) is 12.1 Å². The fourth-order valence-electron chi connectivity index (χ4n) is 1.31. The summed E-state index contributed by atoms with van der Waals surface area (Å²) >= 11 is 0. The Balaban J connectivity index is 2.65. The zero-order valence-electron chi connectivity index (χ0n) is 9.96. The second kappa shape index (κ2) is 5.94. The molecule has 4 N–H and O–H groups in total. The van der Waals surface area contributed by atoms with Gasteiger partial charge in [-0.1, -0.05) is 17.7 Å². The van der Waals surface area contributed by atoms with Crippen LogP contribution >= 0.6 is 0 Å². The van der Waals surface area contributed by atoms with Crippen LogP contribution in [0.25, 0.3) is 0 Å². The van der Waals surface area contributed by atoms with Gasteiger partial charge in [0.2, 0.25) is 15.9 Å². The van der Waals surface area contributed by atoms with Crippen LogP contribution < -0.4 is 10.5 Å². The normalized spacial score (nSPS) is 13.2. The van der Waals surface area contributed by atoms with E-state index in [0.29, 0.717) is 0 Å². The third kappa shape index (κ3) is 4.44. The number of primary amides is 1. The van der Waals surface area contributed by atoms with Crippen LogP contribution in [-0.2, 0) is 14.8 Å². The van der Waals surface area contributed by atoms with Crippen molar-refractivity contribution < 1.29 is 18.3 Å². The molecule has 0 aliphatic carbocycles. The van der Waals surface area contributed by atoms with E-state index in [1.54, 1.807) is 12.1 Å². The van der Waals surface area contributed by atoms with Gasteiger partial charge in [0, 0.05) is 6.54 Å². The molecule has 100 valence electrons. The summed E-state index contributed by atoms with van der Waals surface area (Å²) in [6, 6.07) is 6.29. The molecule has 0 aliphatic rings. The summed E-state index contributed by atoms with van der Waals surface area (Å²) in [7, 11) is -3.67. The number of hydrogen-bond donors (Lipinski definition) is 3. The van der Waals surface area contributed by atoms with Crippen LogP contribution in [0, 0.1) is 6.92 Å². The Morgan fingerprint density at radius 1 is 1.39 bits per heavy atom. The molecule has 0 aromatic heterocycles. The molecule has 0 heterocycles. The number of amides is 1. The molecule has 0 saturated heterocycles. The van der Waals surface area contributed by atoms with Crippen molar-refractivity contribution in [1.82, 2.24) is 4.72 Å². The van der Waals surface area contributed by atoms with Crippen LogP contribution in [-0.4, -0.2) is 32.1 Å². The molecule has 0 fully saturated rings. The molecule has 0 bridgehead atoms. The van der Waals surface area contributed by atoms with Gasteiger partial charge in [-0.25, -0.2) is 13.1 Å². The molecule has 7 heteroatoms. The van der Waals surface area contributed by atoms with Crippen molar-refractivity contribution in [3.8, 4) is 0 Å². The number of carbonyl (C=O) groups is 1. The van der Waals surface area contributed by atoms with Crippen LogP contribution in [0.4, 0.5) is 0 Å².